The monoisotopic (exact) mass is 699 g/mol. The molecule has 12 nitrogen and oxygen atoms in total. The number of amides is 5. The first-order chi connectivity index (χ1) is 23.1. The van der Waals surface area contributed by atoms with Gasteiger partial charge in [-0.15, -0.1) is 0 Å². The van der Waals surface area contributed by atoms with Crippen LogP contribution in [0.15, 0.2) is 30.3 Å². The summed E-state index contributed by atoms with van der Waals surface area (Å²) in [5.74, 6) is -1.93. The van der Waals surface area contributed by atoms with Gasteiger partial charge in [-0.1, -0.05) is 91.1 Å². The molecule has 0 aromatic heterocycles. The van der Waals surface area contributed by atoms with Gasteiger partial charge in [-0.3, -0.25) is 19.2 Å². The summed E-state index contributed by atoms with van der Waals surface area (Å²) in [7, 11) is 0. The molecule has 5 N–H and O–H groups in total. The minimum Gasteiger partial charge on any atom is -0.459 e. The number of Topliss-reactive ketones (excluding diaryl/α,β-unsaturated/α-hetero) is 1. The van der Waals surface area contributed by atoms with Crippen molar-refractivity contribution in [1.29, 1.82) is 0 Å². The number of ketones is 1. The number of primary amides is 1. The lowest BCUT2D eigenvalue weighted by molar-refractivity contribution is -0.147. The van der Waals surface area contributed by atoms with Crippen molar-refractivity contribution in [2.24, 2.45) is 34.3 Å². The highest BCUT2D eigenvalue weighted by molar-refractivity contribution is 7.99. The third-order valence-corrected chi connectivity index (χ3v) is 11.2. The van der Waals surface area contributed by atoms with Crippen LogP contribution in [0.1, 0.15) is 79.2 Å². The van der Waals surface area contributed by atoms with E-state index in [2.05, 4.69) is 16.0 Å². The van der Waals surface area contributed by atoms with Crippen LogP contribution in [0, 0.1) is 28.6 Å². The molecule has 2 saturated carbocycles. The van der Waals surface area contributed by atoms with E-state index in [0.717, 1.165) is 17.7 Å². The van der Waals surface area contributed by atoms with Gasteiger partial charge in [-0.05, 0) is 52.7 Å². The maximum atomic E-state index is 14.3. The zero-order valence-electron chi connectivity index (χ0n) is 29.6. The highest BCUT2D eigenvalue weighted by Gasteiger charge is 2.70. The Morgan fingerprint density at radius 1 is 1.02 bits per heavy atom. The molecule has 3 aliphatic rings. The van der Waals surface area contributed by atoms with E-state index in [1.165, 1.54) is 29.5 Å². The largest absolute Gasteiger partial charge is 0.459 e. The number of rotatable bonds is 17. The van der Waals surface area contributed by atoms with Crippen LogP contribution in [-0.4, -0.2) is 82.6 Å². The average Bonchev–Trinajstić information content (AvgIpc) is 3.90. The van der Waals surface area contributed by atoms with Crippen LogP contribution in [-0.2, 0) is 35.3 Å². The van der Waals surface area contributed by atoms with Crippen LogP contribution < -0.4 is 21.7 Å². The molecule has 1 saturated heterocycles. The molecule has 4 rings (SSSR count). The van der Waals surface area contributed by atoms with Crippen LogP contribution >= 0.6 is 11.8 Å². The molecular formula is C36H53N5O7S. The zero-order chi connectivity index (χ0) is 36.1. The maximum Gasteiger partial charge on any atom is 0.329 e. The SMILES string of the molecule is CCC[C@H](NC(=O)N[C@H](C(=O)N1C[C@H]2[C@@H]([C@H]1C(=O)NC(CSCCC1CC1)C(=O)C(N)=O)C2(C)C)C(C)(C)C)C(=O)OCc1ccccc1. The first-order valence-electron chi connectivity index (χ1n) is 17.4. The number of hydrogen-bond acceptors (Lipinski definition) is 8. The molecule has 2 aliphatic carbocycles. The number of carbonyl (C=O) groups is 6. The lowest BCUT2D eigenvalue weighted by Gasteiger charge is -2.38. The molecule has 49 heavy (non-hydrogen) atoms. The summed E-state index contributed by atoms with van der Waals surface area (Å²) >= 11 is 1.49. The molecule has 0 spiro atoms. The first kappa shape index (κ1) is 38.2. The van der Waals surface area contributed by atoms with Gasteiger partial charge in [0, 0.05) is 12.3 Å². The number of nitrogens with zero attached hydrogens (tertiary/aromatic N) is 1. The van der Waals surface area contributed by atoms with E-state index in [9.17, 15) is 28.8 Å². The molecule has 1 unspecified atom stereocenters. The number of thioether (sulfide) groups is 1. The number of benzene rings is 1. The van der Waals surface area contributed by atoms with E-state index < -0.39 is 65.1 Å². The second kappa shape index (κ2) is 15.9. The maximum absolute atomic E-state index is 14.3. The minimum absolute atomic E-state index is 0.0492. The topological polar surface area (TPSA) is 177 Å². The van der Waals surface area contributed by atoms with E-state index in [4.69, 9.17) is 10.5 Å². The van der Waals surface area contributed by atoms with Crippen LogP contribution in [0.3, 0.4) is 0 Å². The van der Waals surface area contributed by atoms with Crippen molar-refractivity contribution in [2.75, 3.05) is 18.1 Å². The Morgan fingerprint density at radius 2 is 1.69 bits per heavy atom. The molecule has 0 bridgehead atoms. The van der Waals surface area contributed by atoms with Crippen LogP contribution in [0.25, 0.3) is 0 Å². The lowest BCUT2D eigenvalue weighted by atomic mass is 9.85. The number of piperidine rings is 1. The van der Waals surface area contributed by atoms with Gasteiger partial charge in [0.1, 0.15) is 30.8 Å². The summed E-state index contributed by atoms with van der Waals surface area (Å²) in [6, 6.07) is 4.54. The van der Waals surface area contributed by atoms with Gasteiger partial charge in [-0.2, -0.15) is 11.8 Å². The van der Waals surface area contributed by atoms with Crippen LogP contribution in [0.2, 0.25) is 0 Å². The number of nitrogens with two attached hydrogens (primary N) is 1. The van der Waals surface area contributed by atoms with E-state index >= 15 is 0 Å². The summed E-state index contributed by atoms with van der Waals surface area (Å²) in [5.41, 5.74) is 5.18. The zero-order valence-corrected chi connectivity index (χ0v) is 30.4. The van der Waals surface area contributed by atoms with Gasteiger partial charge in [-0.25, -0.2) is 9.59 Å². The molecule has 5 amide bonds. The minimum atomic E-state index is -1.12. The number of likely N-dealkylation sites (tertiary alicyclic amines) is 1. The Labute approximate surface area is 293 Å². The lowest BCUT2D eigenvalue weighted by Crippen LogP contribution is -2.62. The summed E-state index contributed by atoms with van der Waals surface area (Å²) in [6.45, 7) is 11.8. The summed E-state index contributed by atoms with van der Waals surface area (Å²) in [5, 5.41) is 8.24. The van der Waals surface area contributed by atoms with Gasteiger partial charge in [0.05, 0.1) is 0 Å². The average molecular weight is 700 g/mol. The van der Waals surface area contributed by atoms with E-state index in [0.29, 0.717) is 25.3 Å². The molecule has 1 aromatic carbocycles. The fourth-order valence-electron chi connectivity index (χ4n) is 6.80. The van der Waals surface area contributed by atoms with Gasteiger partial charge in [0.15, 0.2) is 0 Å². The van der Waals surface area contributed by atoms with E-state index in [1.807, 2.05) is 71.9 Å². The van der Waals surface area contributed by atoms with Gasteiger partial charge in [0.2, 0.25) is 17.6 Å². The molecule has 6 atom stereocenters. The van der Waals surface area contributed by atoms with E-state index in [-0.39, 0.29) is 29.6 Å². The third kappa shape index (κ3) is 9.76. The van der Waals surface area contributed by atoms with Crippen molar-refractivity contribution >= 4 is 47.3 Å². The highest BCUT2D eigenvalue weighted by Crippen LogP contribution is 2.65. The standard InChI is InChI=1S/C36H53N5O7S/c1-7-11-24(33(46)48-19-22-12-9-8-10-13-22)39-34(47)40-29(35(2,3)4)32(45)41-18-23-26(36(23,5)6)27(41)31(44)38-25(28(42)30(37)43)20-49-17-16-21-14-15-21/h8-10,12-13,21,23-27,29H,7,11,14-20H2,1-6H3,(H2,37,43)(H,38,44)(H2,39,40,47)/t23-,24-,25?,26-,27-,29+/m0/s1. The second-order valence-corrected chi connectivity index (χ2v) is 16.5. The van der Waals surface area contributed by atoms with Crippen molar-refractivity contribution in [3.8, 4) is 0 Å². The number of ether oxygens (including phenoxy) is 1. The quantitative estimate of drug-likeness (QED) is 0.109. The molecule has 13 heteroatoms. The highest BCUT2D eigenvalue weighted by atomic mass is 32.2. The Hall–Kier alpha value is -3.61. The number of urea groups is 1. The van der Waals surface area contributed by atoms with Crippen molar-refractivity contribution in [3.05, 3.63) is 35.9 Å². The van der Waals surface area contributed by atoms with E-state index in [1.54, 1.807) is 0 Å². The Morgan fingerprint density at radius 3 is 2.29 bits per heavy atom. The van der Waals surface area contributed by atoms with Crippen molar-refractivity contribution < 1.29 is 33.5 Å². The number of carbonyl (C=O) groups excluding carboxylic acids is 6. The molecule has 1 aromatic rings. The molecule has 0 radical (unpaired) electrons. The summed E-state index contributed by atoms with van der Waals surface area (Å²) < 4.78 is 5.47. The Bertz CT molecular complexity index is 1390. The van der Waals surface area contributed by atoms with Crippen LogP contribution in [0.4, 0.5) is 4.79 Å². The molecule has 3 fully saturated rings. The van der Waals surface area contributed by atoms with Gasteiger partial charge in [0.25, 0.3) is 5.91 Å². The second-order valence-electron chi connectivity index (χ2n) is 15.3. The van der Waals surface area contributed by atoms with Crippen molar-refractivity contribution in [1.82, 2.24) is 20.9 Å². The molecule has 1 aliphatic heterocycles. The van der Waals surface area contributed by atoms with Crippen molar-refractivity contribution in [2.45, 2.75) is 104 Å². The van der Waals surface area contributed by atoms with Crippen LogP contribution in [0.5, 0.6) is 0 Å². The number of esters is 1. The fourth-order valence-corrected chi connectivity index (χ4v) is 7.93. The third-order valence-electron chi connectivity index (χ3n) is 10.1. The number of hydrogen-bond donors (Lipinski definition) is 4. The summed E-state index contributed by atoms with van der Waals surface area (Å²) in [6.07, 6.45) is 4.37. The molecule has 1 heterocycles. The van der Waals surface area contributed by atoms with Gasteiger partial charge >= 0.3 is 12.0 Å². The summed E-state index contributed by atoms with van der Waals surface area (Å²) in [4.78, 5) is 80.7. The number of nitrogens with one attached hydrogen (secondary N) is 3. The predicted molar refractivity (Wildman–Crippen MR) is 187 cm³/mol. The molecule has 270 valence electrons. The molecular weight excluding hydrogens is 646 g/mol. The number of fused-ring (bicyclic) bond motifs is 1. The smallest absolute Gasteiger partial charge is 0.329 e. The predicted octanol–water partition coefficient (Wildman–Crippen LogP) is 3.17. The van der Waals surface area contributed by atoms with Crippen molar-refractivity contribution in [3.63, 3.8) is 0 Å². The van der Waals surface area contributed by atoms with Gasteiger partial charge < -0.3 is 31.3 Å². The first-order valence-corrected chi connectivity index (χ1v) is 18.5. The normalized spacial score (nSPS) is 22.6. The fraction of sp³-hybridized carbons (Fsp3) is 0.667. The Kier molecular flexibility index (Phi) is 12.4. The Balaban J connectivity index is 1.45.